The molecule has 80 valence electrons. The normalized spacial score (nSPS) is 11.1. The topological polar surface area (TPSA) is 34.4 Å². The van der Waals surface area contributed by atoms with Gasteiger partial charge in [-0.15, -0.1) is 0 Å². The van der Waals surface area contributed by atoms with Crippen LogP contribution >= 0.6 is 0 Å². The first-order valence-electron chi connectivity index (χ1n) is 4.98. The zero-order chi connectivity index (χ0) is 10.4. The highest BCUT2D eigenvalue weighted by atomic mass is 16.5. The van der Waals surface area contributed by atoms with Gasteiger partial charge in [-0.3, -0.25) is 0 Å². The lowest BCUT2D eigenvalue weighted by atomic mass is 10.2. The van der Waals surface area contributed by atoms with Crippen LogP contribution in [0.3, 0.4) is 0 Å². The lowest BCUT2D eigenvalue weighted by Crippen LogP contribution is -2.18. The van der Waals surface area contributed by atoms with Crippen LogP contribution in [0.25, 0.3) is 0 Å². The molecule has 1 aromatic heterocycles. The summed E-state index contributed by atoms with van der Waals surface area (Å²) >= 11 is 0. The van der Waals surface area contributed by atoms with Gasteiger partial charge in [-0.25, -0.2) is 0 Å². The van der Waals surface area contributed by atoms with Crippen LogP contribution in [0.1, 0.15) is 25.2 Å². The van der Waals surface area contributed by atoms with Crippen LogP contribution in [0.5, 0.6) is 0 Å². The van der Waals surface area contributed by atoms with Gasteiger partial charge < -0.3 is 14.5 Å². The molecule has 0 fully saturated rings. The molecule has 0 aliphatic heterocycles. The van der Waals surface area contributed by atoms with Crippen LogP contribution in [-0.4, -0.2) is 13.7 Å². The van der Waals surface area contributed by atoms with E-state index in [1.807, 2.05) is 6.07 Å². The highest BCUT2D eigenvalue weighted by Gasteiger charge is 2.01. The van der Waals surface area contributed by atoms with Crippen LogP contribution < -0.4 is 5.32 Å². The predicted octanol–water partition coefficient (Wildman–Crippen LogP) is 2.17. The maximum atomic E-state index is 5.30. The number of methoxy groups -OCH3 is 1. The average Bonchev–Trinajstić information content (AvgIpc) is 2.53. The molecular weight excluding hydrogens is 178 g/mol. The van der Waals surface area contributed by atoms with E-state index in [1.54, 1.807) is 13.4 Å². The summed E-state index contributed by atoms with van der Waals surface area (Å²) in [6.07, 6.45) is 1.78. The van der Waals surface area contributed by atoms with Gasteiger partial charge in [0.25, 0.3) is 0 Å². The molecule has 0 radical (unpaired) electrons. The van der Waals surface area contributed by atoms with Gasteiger partial charge in [0.05, 0.1) is 6.26 Å². The molecule has 0 spiro atoms. The molecule has 3 heteroatoms. The first-order valence-corrected chi connectivity index (χ1v) is 4.98. The fourth-order valence-electron chi connectivity index (χ4n) is 1.24. The highest BCUT2D eigenvalue weighted by Crippen LogP contribution is 2.08. The van der Waals surface area contributed by atoms with E-state index in [2.05, 4.69) is 19.2 Å². The van der Waals surface area contributed by atoms with E-state index in [0.717, 1.165) is 18.8 Å². The van der Waals surface area contributed by atoms with Gasteiger partial charge in [-0.1, -0.05) is 13.8 Å². The first-order chi connectivity index (χ1) is 6.72. The molecule has 0 aliphatic rings. The highest BCUT2D eigenvalue weighted by molar-refractivity contribution is 5.11. The molecule has 1 aromatic rings. The Morgan fingerprint density at radius 1 is 1.50 bits per heavy atom. The molecular formula is C11H19NO2. The number of rotatable bonds is 6. The quantitative estimate of drug-likeness (QED) is 0.759. The Labute approximate surface area is 85.4 Å². The summed E-state index contributed by atoms with van der Waals surface area (Å²) in [4.78, 5) is 0. The summed E-state index contributed by atoms with van der Waals surface area (Å²) in [5.74, 6) is 1.56. The standard InChI is InChI=1S/C11H19NO2/c1-9(2)5-12-6-10-4-11(8-13-3)14-7-10/h4,7,9,12H,5-6,8H2,1-3H3. The van der Waals surface area contributed by atoms with Crippen LogP contribution in [0.2, 0.25) is 0 Å². The minimum absolute atomic E-state index is 0.546. The first kappa shape index (κ1) is 11.3. The summed E-state index contributed by atoms with van der Waals surface area (Å²) in [6.45, 7) is 6.83. The molecule has 0 saturated heterocycles. The van der Waals surface area contributed by atoms with Crippen molar-refractivity contribution in [2.24, 2.45) is 5.92 Å². The number of hydrogen-bond acceptors (Lipinski definition) is 3. The number of furan rings is 1. The summed E-state index contributed by atoms with van der Waals surface area (Å²) in [5, 5.41) is 3.36. The Morgan fingerprint density at radius 2 is 2.29 bits per heavy atom. The number of hydrogen-bond donors (Lipinski definition) is 1. The largest absolute Gasteiger partial charge is 0.467 e. The number of nitrogens with one attached hydrogen (secondary N) is 1. The second kappa shape index (κ2) is 5.83. The molecule has 0 unspecified atom stereocenters. The maximum Gasteiger partial charge on any atom is 0.129 e. The van der Waals surface area contributed by atoms with Crippen molar-refractivity contribution < 1.29 is 9.15 Å². The lowest BCUT2D eigenvalue weighted by molar-refractivity contribution is 0.164. The van der Waals surface area contributed by atoms with E-state index in [-0.39, 0.29) is 0 Å². The van der Waals surface area contributed by atoms with Gasteiger partial charge in [0.1, 0.15) is 12.4 Å². The summed E-state index contributed by atoms with van der Waals surface area (Å²) in [6, 6.07) is 2.02. The Hall–Kier alpha value is -0.800. The fourth-order valence-corrected chi connectivity index (χ4v) is 1.24. The van der Waals surface area contributed by atoms with Crippen molar-refractivity contribution in [3.8, 4) is 0 Å². The molecule has 3 nitrogen and oxygen atoms in total. The van der Waals surface area contributed by atoms with Crippen LogP contribution in [0.15, 0.2) is 16.7 Å². The van der Waals surface area contributed by atoms with Gasteiger partial charge >= 0.3 is 0 Å². The van der Waals surface area contributed by atoms with Crippen LogP contribution in [0.4, 0.5) is 0 Å². The molecule has 1 heterocycles. The second-order valence-electron chi connectivity index (χ2n) is 3.88. The zero-order valence-corrected chi connectivity index (χ0v) is 9.17. The SMILES string of the molecule is COCc1cc(CNCC(C)C)co1. The summed E-state index contributed by atoms with van der Waals surface area (Å²) < 4.78 is 10.3. The van der Waals surface area contributed by atoms with Crippen molar-refractivity contribution in [3.63, 3.8) is 0 Å². The third kappa shape index (κ3) is 3.94. The second-order valence-corrected chi connectivity index (χ2v) is 3.88. The smallest absolute Gasteiger partial charge is 0.129 e. The van der Waals surface area contributed by atoms with Crippen molar-refractivity contribution in [1.29, 1.82) is 0 Å². The van der Waals surface area contributed by atoms with E-state index in [1.165, 1.54) is 5.56 Å². The molecule has 0 bridgehead atoms. The van der Waals surface area contributed by atoms with E-state index in [0.29, 0.717) is 12.5 Å². The van der Waals surface area contributed by atoms with Gasteiger partial charge in [-0.05, 0) is 18.5 Å². The van der Waals surface area contributed by atoms with E-state index in [4.69, 9.17) is 9.15 Å². The Bertz CT molecular complexity index is 256. The van der Waals surface area contributed by atoms with E-state index in [9.17, 15) is 0 Å². The zero-order valence-electron chi connectivity index (χ0n) is 9.17. The maximum absolute atomic E-state index is 5.30. The Balaban J connectivity index is 2.28. The van der Waals surface area contributed by atoms with E-state index < -0.39 is 0 Å². The van der Waals surface area contributed by atoms with Gasteiger partial charge in [-0.2, -0.15) is 0 Å². The summed E-state index contributed by atoms with van der Waals surface area (Å²) in [7, 11) is 1.67. The lowest BCUT2D eigenvalue weighted by Gasteiger charge is -2.04. The van der Waals surface area contributed by atoms with Crippen molar-refractivity contribution in [2.45, 2.75) is 27.0 Å². The molecule has 14 heavy (non-hydrogen) atoms. The summed E-state index contributed by atoms with van der Waals surface area (Å²) in [5.41, 5.74) is 1.18. The minimum Gasteiger partial charge on any atom is -0.467 e. The van der Waals surface area contributed by atoms with Crippen molar-refractivity contribution in [2.75, 3.05) is 13.7 Å². The van der Waals surface area contributed by atoms with Gasteiger partial charge in [0.15, 0.2) is 0 Å². The molecule has 1 N–H and O–H groups in total. The number of ether oxygens (including phenoxy) is 1. The monoisotopic (exact) mass is 197 g/mol. The van der Waals surface area contributed by atoms with E-state index >= 15 is 0 Å². The molecule has 0 saturated carbocycles. The molecule has 0 amide bonds. The van der Waals surface area contributed by atoms with Gasteiger partial charge in [0, 0.05) is 19.2 Å². The molecule has 1 rings (SSSR count). The molecule has 0 aromatic carbocycles. The molecule has 0 aliphatic carbocycles. The average molecular weight is 197 g/mol. The predicted molar refractivity (Wildman–Crippen MR) is 56.0 cm³/mol. The van der Waals surface area contributed by atoms with Crippen molar-refractivity contribution >= 4 is 0 Å². The van der Waals surface area contributed by atoms with Crippen molar-refractivity contribution in [1.82, 2.24) is 5.32 Å². The minimum atomic E-state index is 0.546. The Morgan fingerprint density at radius 3 is 2.93 bits per heavy atom. The molecule has 0 atom stereocenters. The van der Waals surface area contributed by atoms with Crippen LogP contribution in [-0.2, 0) is 17.9 Å². The third-order valence-electron chi connectivity index (χ3n) is 1.88. The Kier molecular flexibility index (Phi) is 4.70. The third-order valence-corrected chi connectivity index (χ3v) is 1.88. The van der Waals surface area contributed by atoms with Crippen LogP contribution in [0, 0.1) is 5.92 Å². The fraction of sp³-hybridized carbons (Fsp3) is 0.636. The van der Waals surface area contributed by atoms with Crippen molar-refractivity contribution in [3.05, 3.63) is 23.7 Å². The van der Waals surface area contributed by atoms with Gasteiger partial charge in [0.2, 0.25) is 0 Å².